The molecule has 0 fully saturated rings. The summed E-state index contributed by atoms with van der Waals surface area (Å²) in [7, 11) is 0. The van der Waals surface area contributed by atoms with Gasteiger partial charge in [-0.1, -0.05) is 24.3 Å². The molecule has 0 bridgehead atoms. The maximum Gasteiger partial charge on any atom is 0.184 e. The van der Waals surface area contributed by atoms with Crippen LogP contribution >= 0.6 is 0 Å². The van der Waals surface area contributed by atoms with Crippen molar-refractivity contribution < 1.29 is 13.6 Å². The third-order valence-corrected chi connectivity index (χ3v) is 2.68. The Balaban J connectivity index is 2.38. The third-order valence-electron chi connectivity index (χ3n) is 2.68. The quantitative estimate of drug-likeness (QED) is 0.790. The van der Waals surface area contributed by atoms with E-state index in [-0.39, 0.29) is 11.1 Å². The van der Waals surface area contributed by atoms with E-state index < -0.39 is 23.3 Å². The highest BCUT2D eigenvalue weighted by Gasteiger charge is 2.22. The van der Waals surface area contributed by atoms with Crippen LogP contribution in [0.4, 0.5) is 8.78 Å². The van der Waals surface area contributed by atoms with E-state index in [0.717, 1.165) is 12.1 Å². The lowest BCUT2D eigenvalue weighted by atomic mass is 9.92. The molecule has 0 aliphatic heterocycles. The second-order valence-corrected chi connectivity index (χ2v) is 3.99. The summed E-state index contributed by atoms with van der Waals surface area (Å²) in [6.07, 6.45) is 0. The van der Waals surface area contributed by atoms with Crippen LogP contribution in [-0.4, -0.2) is 5.78 Å². The summed E-state index contributed by atoms with van der Waals surface area (Å²) in [5.41, 5.74) is 0.354. The fourth-order valence-corrected chi connectivity index (χ4v) is 1.78. The van der Waals surface area contributed by atoms with E-state index in [1.807, 2.05) is 6.07 Å². The zero-order valence-electron chi connectivity index (χ0n) is 9.81. The first-order chi connectivity index (χ1) is 9.11. The summed E-state index contributed by atoms with van der Waals surface area (Å²) in [5, 5.41) is 9.08. The number of benzene rings is 2. The Morgan fingerprint density at radius 2 is 1.68 bits per heavy atom. The number of hydrogen-bond donors (Lipinski definition) is 0. The molecule has 2 rings (SSSR count). The van der Waals surface area contributed by atoms with E-state index in [1.54, 1.807) is 0 Å². The highest BCUT2D eigenvalue weighted by molar-refractivity contribution is 6.02. The molecule has 0 heterocycles. The Labute approximate surface area is 108 Å². The Bertz CT molecular complexity index is 661. The molecule has 0 saturated carbocycles. The summed E-state index contributed by atoms with van der Waals surface area (Å²) in [6, 6.07) is 12.2. The molecule has 0 saturated heterocycles. The highest BCUT2D eigenvalue weighted by atomic mass is 19.1. The van der Waals surface area contributed by atoms with Gasteiger partial charge in [-0.3, -0.25) is 4.79 Å². The van der Waals surface area contributed by atoms with Crippen molar-refractivity contribution in [3.63, 3.8) is 0 Å². The van der Waals surface area contributed by atoms with Gasteiger partial charge in [-0.2, -0.15) is 5.26 Å². The second-order valence-electron chi connectivity index (χ2n) is 3.99. The standard InChI is InChI=1S/C15H9F2NO/c16-12-5-1-3-10(7-12)14(9-18)15(19)11-4-2-6-13(17)8-11/h1-8,14H. The average molecular weight is 257 g/mol. The van der Waals surface area contributed by atoms with Crippen LogP contribution in [-0.2, 0) is 0 Å². The van der Waals surface area contributed by atoms with Crippen LogP contribution < -0.4 is 0 Å². The summed E-state index contributed by atoms with van der Waals surface area (Å²) >= 11 is 0. The summed E-state index contributed by atoms with van der Waals surface area (Å²) in [5.74, 6) is -2.77. The molecule has 0 N–H and O–H groups in total. The van der Waals surface area contributed by atoms with Gasteiger partial charge in [-0.05, 0) is 29.8 Å². The zero-order chi connectivity index (χ0) is 13.8. The van der Waals surface area contributed by atoms with Crippen molar-refractivity contribution in [1.82, 2.24) is 0 Å². The number of halogens is 2. The number of nitriles is 1. The molecule has 0 aliphatic rings. The first-order valence-electron chi connectivity index (χ1n) is 5.56. The molecule has 2 nitrogen and oxygen atoms in total. The second kappa shape index (κ2) is 5.40. The Morgan fingerprint density at radius 3 is 2.26 bits per heavy atom. The molecule has 19 heavy (non-hydrogen) atoms. The van der Waals surface area contributed by atoms with E-state index in [9.17, 15) is 13.6 Å². The van der Waals surface area contributed by atoms with Gasteiger partial charge in [0, 0.05) is 5.56 Å². The Kier molecular flexibility index (Phi) is 3.67. The maximum atomic E-state index is 13.1. The number of rotatable bonds is 3. The number of Topliss-reactive ketones (excluding diaryl/α,β-unsaturated/α-hetero) is 1. The summed E-state index contributed by atoms with van der Waals surface area (Å²) in [6.45, 7) is 0. The molecule has 0 aromatic heterocycles. The molecule has 1 unspecified atom stereocenters. The molecule has 4 heteroatoms. The van der Waals surface area contributed by atoms with Gasteiger partial charge in [0.05, 0.1) is 6.07 Å². The highest BCUT2D eigenvalue weighted by Crippen LogP contribution is 2.21. The van der Waals surface area contributed by atoms with E-state index in [1.165, 1.54) is 36.4 Å². The van der Waals surface area contributed by atoms with Gasteiger partial charge in [0.2, 0.25) is 0 Å². The van der Waals surface area contributed by atoms with Crippen molar-refractivity contribution in [3.05, 3.63) is 71.3 Å². The number of ketones is 1. The minimum atomic E-state index is -1.14. The monoisotopic (exact) mass is 257 g/mol. The smallest absolute Gasteiger partial charge is 0.184 e. The van der Waals surface area contributed by atoms with Crippen LogP contribution in [0.15, 0.2) is 48.5 Å². The molecule has 0 radical (unpaired) electrons. The van der Waals surface area contributed by atoms with Crippen LogP contribution in [0.1, 0.15) is 21.8 Å². The van der Waals surface area contributed by atoms with Crippen molar-refractivity contribution in [1.29, 1.82) is 5.26 Å². The fourth-order valence-electron chi connectivity index (χ4n) is 1.78. The average Bonchev–Trinajstić information content (AvgIpc) is 2.39. The van der Waals surface area contributed by atoms with Gasteiger partial charge in [-0.25, -0.2) is 8.78 Å². The van der Waals surface area contributed by atoms with Gasteiger partial charge >= 0.3 is 0 Å². The topological polar surface area (TPSA) is 40.9 Å². The Hall–Kier alpha value is -2.54. The SMILES string of the molecule is N#CC(C(=O)c1cccc(F)c1)c1cccc(F)c1. The number of carbonyl (C=O) groups excluding carboxylic acids is 1. The predicted octanol–water partition coefficient (Wildman–Crippen LogP) is 3.45. The van der Waals surface area contributed by atoms with Crippen LogP contribution in [0.25, 0.3) is 0 Å². The maximum absolute atomic E-state index is 13.1. The predicted molar refractivity (Wildman–Crippen MR) is 65.5 cm³/mol. The molecular weight excluding hydrogens is 248 g/mol. The third kappa shape index (κ3) is 2.83. The number of hydrogen-bond acceptors (Lipinski definition) is 2. The molecule has 0 aliphatic carbocycles. The lowest BCUT2D eigenvalue weighted by Gasteiger charge is -2.08. The zero-order valence-corrected chi connectivity index (χ0v) is 9.81. The van der Waals surface area contributed by atoms with E-state index in [2.05, 4.69) is 0 Å². The van der Waals surface area contributed by atoms with Gasteiger partial charge in [0.25, 0.3) is 0 Å². The minimum Gasteiger partial charge on any atom is -0.292 e. The Morgan fingerprint density at radius 1 is 1.05 bits per heavy atom. The molecule has 0 amide bonds. The van der Waals surface area contributed by atoms with Crippen LogP contribution in [0.2, 0.25) is 0 Å². The summed E-state index contributed by atoms with van der Waals surface area (Å²) < 4.78 is 26.2. The molecule has 94 valence electrons. The fraction of sp³-hybridized carbons (Fsp3) is 0.0667. The molecule has 1 atom stereocenters. The van der Waals surface area contributed by atoms with Gasteiger partial charge < -0.3 is 0 Å². The van der Waals surface area contributed by atoms with E-state index >= 15 is 0 Å². The first-order valence-corrected chi connectivity index (χ1v) is 5.56. The molecule has 2 aromatic carbocycles. The summed E-state index contributed by atoms with van der Waals surface area (Å²) in [4.78, 5) is 12.1. The van der Waals surface area contributed by atoms with Gasteiger partial charge in [0.15, 0.2) is 5.78 Å². The van der Waals surface area contributed by atoms with Crippen molar-refractivity contribution in [2.75, 3.05) is 0 Å². The van der Waals surface area contributed by atoms with E-state index in [0.29, 0.717) is 0 Å². The lowest BCUT2D eigenvalue weighted by Crippen LogP contribution is -2.11. The van der Waals surface area contributed by atoms with E-state index in [4.69, 9.17) is 5.26 Å². The largest absolute Gasteiger partial charge is 0.292 e. The van der Waals surface area contributed by atoms with Gasteiger partial charge in [0.1, 0.15) is 17.6 Å². The minimum absolute atomic E-state index is 0.0933. The molecule has 0 spiro atoms. The first kappa shape index (κ1) is 12.9. The number of nitrogens with zero attached hydrogens (tertiary/aromatic N) is 1. The molecule has 2 aromatic rings. The van der Waals surface area contributed by atoms with Crippen molar-refractivity contribution in [2.45, 2.75) is 5.92 Å². The van der Waals surface area contributed by atoms with Crippen LogP contribution in [0, 0.1) is 23.0 Å². The van der Waals surface area contributed by atoms with Crippen molar-refractivity contribution in [2.24, 2.45) is 0 Å². The lowest BCUT2D eigenvalue weighted by molar-refractivity contribution is 0.0978. The van der Waals surface area contributed by atoms with Gasteiger partial charge in [-0.15, -0.1) is 0 Å². The number of carbonyl (C=O) groups is 1. The molecular formula is C15H9F2NO. The van der Waals surface area contributed by atoms with Crippen LogP contribution in [0.3, 0.4) is 0 Å². The normalized spacial score (nSPS) is 11.6. The van der Waals surface area contributed by atoms with Crippen molar-refractivity contribution in [3.8, 4) is 6.07 Å². The van der Waals surface area contributed by atoms with Crippen molar-refractivity contribution >= 4 is 5.78 Å². The van der Waals surface area contributed by atoms with Crippen LogP contribution in [0.5, 0.6) is 0 Å².